The van der Waals surface area contributed by atoms with E-state index >= 15 is 0 Å². The molecular weight excluding hydrogens is 488 g/mol. The highest BCUT2D eigenvalue weighted by Crippen LogP contribution is 2.33. The third-order valence-corrected chi connectivity index (χ3v) is 7.76. The Bertz CT molecular complexity index is 1340. The molecule has 1 heterocycles. The molecular formula is C26H25ClN2O5S. The first-order chi connectivity index (χ1) is 16.8. The normalized spacial score (nSPS) is 13.1. The highest BCUT2D eigenvalue weighted by Gasteiger charge is 2.29. The topological polar surface area (TPSA) is 92.8 Å². The molecule has 35 heavy (non-hydrogen) atoms. The lowest BCUT2D eigenvalue weighted by Gasteiger charge is -2.30. The zero-order valence-electron chi connectivity index (χ0n) is 19.2. The molecule has 0 aliphatic carbocycles. The number of ether oxygens (including phenoxy) is 1. The number of rotatable bonds is 7. The first-order valence-corrected chi connectivity index (χ1v) is 13.1. The van der Waals surface area contributed by atoms with Crippen molar-refractivity contribution >= 4 is 44.9 Å². The van der Waals surface area contributed by atoms with Gasteiger partial charge in [0.15, 0.2) is 0 Å². The van der Waals surface area contributed by atoms with Crippen LogP contribution in [0.5, 0.6) is 0 Å². The van der Waals surface area contributed by atoms with Crippen LogP contribution < -0.4 is 9.62 Å². The molecule has 4 rings (SSSR count). The summed E-state index contributed by atoms with van der Waals surface area (Å²) in [4.78, 5) is 24.6. The van der Waals surface area contributed by atoms with Gasteiger partial charge in [0.1, 0.15) is 0 Å². The fraction of sp³-hybridized carbons (Fsp3) is 0.231. The van der Waals surface area contributed by atoms with Crippen LogP contribution >= 0.6 is 11.6 Å². The van der Waals surface area contributed by atoms with Crippen LogP contribution in [-0.4, -0.2) is 33.4 Å². The summed E-state index contributed by atoms with van der Waals surface area (Å²) in [6, 6.07) is 18.1. The molecule has 0 atom stereocenters. The van der Waals surface area contributed by atoms with Crippen LogP contribution in [0.25, 0.3) is 0 Å². The number of nitrogens with one attached hydrogen (secondary N) is 1. The van der Waals surface area contributed by atoms with Gasteiger partial charge in [0, 0.05) is 22.8 Å². The molecule has 1 amide bonds. The van der Waals surface area contributed by atoms with Gasteiger partial charge in [-0.15, -0.1) is 0 Å². The van der Waals surface area contributed by atoms with E-state index in [0.29, 0.717) is 48.0 Å². The Morgan fingerprint density at radius 1 is 1.03 bits per heavy atom. The molecule has 0 fully saturated rings. The van der Waals surface area contributed by atoms with Crippen molar-refractivity contribution in [2.24, 2.45) is 0 Å². The van der Waals surface area contributed by atoms with Crippen molar-refractivity contribution in [1.82, 2.24) is 0 Å². The number of esters is 1. The number of aryl methyl sites for hydroxylation is 1. The van der Waals surface area contributed by atoms with Crippen LogP contribution in [0, 0.1) is 0 Å². The minimum atomic E-state index is -3.75. The standard InChI is InChI=1S/C26H25ClN2O5S/c1-2-34-25(30)16-18-5-10-22(11-6-18)28-26(31)20-7-14-24-19(17-20)4-3-15-29(24)35(32,33)23-12-8-21(27)9-13-23/h5-14,17H,2-4,15-16H2,1H3,(H,28,31). The molecule has 1 aliphatic rings. The number of carbonyl (C=O) groups is 2. The number of hydrogen-bond acceptors (Lipinski definition) is 5. The van der Waals surface area contributed by atoms with Gasteiger partial charge in [0.05, 0.1) is 23.6 Å². The highest BCUT2D eigenvalue weighted by atomic mass is 35.5. The number of carbonyl (C=O) groups excluding carboxylic acids is 2. The molecule has 1 aliphatic heterocycles. The Balaban J connectivity index is 1.50. The predicted octanol–water partition coefficient (Wildman–Crippen LogP) is 4.84. The van der Waals surface area contributed by atoms with E-state index in [2.05, 4.69) is 5.32 Å². The summed E-state index contributed by atoms with van der Waals surface area (Å²) in [5, 5.41) is 3.31. The monoisotopic (exact) mass is 512 g/mol. The number of anilines is 2. The molecule has 3 aromatic carbocycles. The second-order valence-electron chi connectivity index (χ2n) is 8.11. The molecule has 3 aromatic rings. The lowest BCUT2D eigenvalue weighted by Crippen LogP contribution is -2.35. The van der Waals surface area contributed by atoms with E-state index in [0.717, 1.165) is 11.1 Å². The molecule has 0 aromatic heterocycles. The molecule has 0 radical (unpaired) electrons. The van der Waals surface area contributed by atoms with Gasteiger partial charge in [-0.2, -0.15) is 0 Å². The maximum atomic E-state index is 13.2. The minimum absolute atomic E-state index is 0.169. The van der Waals surface area contributed by atoms with Gasteiger partial charge in [-0.25, -0.2) is 8.42 Å². The van der Waals surface area contributed by atoms with Crippen LogP contribution in [0.15, 0.2) is 71.6 Å². The molecule has 1 N–H and O–H groups in total. The maximum Gasteiger partial charge on any atom is 0.310 e. The second-order valence-corrected chi connectivity index (χ2v) is 10.4. The van der Waals surface area contributed by atoms with E-state index in [1.165, 1.54) is 16.4 Å². The van der Waals surface area contributed by atoms with E-state index < -0.39 is 10.0 Å². The maximum absolute atomic E-state index is 13.2. The number of nitrogens with zero attached hydrogens (tertiary/aromatic N) is 1. The zero-order chi connectivity index (χ0) is 25.0. The van der Waals surface area contributed by atoms with Gasteiger partial charge in [-0.1, -0.05) is 23.7 Å². The fourth-order valence-corrected chi connectivity index (χ4v) is 5.64. The Hall–Kier alpha value is -3.36. The Labute approximate surface area is 209 Å². The molecule has 7 nitrogen and oxygen atoms in total. The number of sulfonamides is 1. The number of halogens is 1. The van der Waals surface area contributed by atoms with Gasteiger partial charge >= 0.3 is 5.97 Å². The van der Waals surface area contributed by atoms with Crippen molar-refractivity contribution in [3.63, 3.8) is 0 Å². The lowest BCUT2D eigenvalue weighted by atomic mass is 10.0. The largest absolute Gasteiger partial charge is 0.466 e. The van der Waals surface area contributed by atoms with E-state index in [1.807, 2.05) is 0 Å². The van der Waals surface area contributed by atoms with Crippen LogP contribution in [0.2, 0.25) is 5.02 Å². The van der Waals surface area contributed by atoms with Crippen LogP contribution in [0.4, 0.5) is 11.4 Å². The Morgan fingerprint density at radius 3 is 2.43 bits per heavy atom. The molecule has 182 valence electrons. The summed E-state index contributed by atoms with van der Waals surface area (Å²) >= 11 is 5.91. The average molecular weight is 513 g/mol. The van der Waals surface area contributed by atoms with Crippen molar-refractivity contribution in [3.05, 3.63) is 88.4 Å². The SMILES string of the molecule is CCOC(=O)Cc1ccc(NC(=O)c2ccc3c(c2)CCCN3S(=O)(=O)c2ccc(Cl)cc2)cc1. The average Bonchev–Trinajstić information content (AvgIpc) is 2.85. The second kappa shape index (κ2) is 10.5. The number of hydrogen-bond donors (Lipinski definition) is 1. The first kappa shape index (κ1) is 24.8. The quantitative estimate of drug-likeness (QED) is 0.457. The van der Waals surface area contributed by atoms with Crippen molar-refractivity contribution in [2.75, 3.05) is 22.8 Å². The van der Waals surface area contributed by atoms with Crippen molar-refractivity contribution in [3.8, 4) is 0 Å². The summed E-state index contributed by atoms with van der Waals surface area (Å²) in [6.45, 7) is 2.45. The molecule has 0 saturated carbocycles. The molecule has 0 bridgehead atoms. The smallest absolute Gasteiger partial charge is 0.310 e. The third kappa shape index (κ3) is 5.66. The van der Waals surface area contributed by atoms with Crippen LogP contribution in [-0.2, 0) is 32.4 Å². The predicted molar refractivity (Wildman–Crippen MR) is 135 cm³/mol. The van der Waals surface area contributed by atoms with E-state index in [4.69, 9.17) is 16.3 Å². The number of amides is 1. The molecule has 9 heteroatoms. The third-order valence-electron chi connectivity index (χ3n) is 5.68. The van der Waals surface area contributed by atoms with E-state index in [9.17, 15) is 18.0 Å². The summed E-state index contributed by atoms with van der Waals surface area (Å²) in [5.41, 5.74) is 3.19. The van der Waals surface area contributed by atoms with Gasteiger partial charge in [-0.3, -0.25) is 13.9 Å². The molecule has 0 saturated heterocycles. The Morgan fingerprint density at radius 2 is 1.74 bits per heavy atom. The summed E-state index contributed by atoms with van der Waals surface area (Å²) < 4.78 is 32.8. The summed E-state index contributed by atoms with van der Waals surface area (Å²) in [6.07, 6.45) is 1.49. The van der Waals surface area contributed by atoms with Crippen LogP contribution in [0.1, 0.15) is 34.8 Å². The molecule has 0 unspecified atom stereocenters. The lowest BCUT2D eigenvalue weighted by molar-refractivity contribution is -0.142. The molecule has 0 spiro atoms. The summed E-state index contributed by atoms with van der Waals surface area (Å²) in [5.74, 6) is -0.603. The van der Waals surface area contributed by atoms with E-state index in [-0.39, 0.29) is 23.2 Å². The van der Waals surface area contributed by atoms with Gasteiger partial charge < -0.3 is 10.1 Å². The Kier molecular flexibility index (Phi) is 7.42. The fourth-order valence-electron chi connectivity index (χ4n) is 3.98. The summed E-state index contributed by atoms with van der Waals surface area (Å²) in [7, 11) is -3.75. The van der Waals surface area contributed by atoms with Crippen molar-refractivity contribution in [1.29, 1.82) is 0 Å². The van der Waals surface area contributed by atoms with Crippen molar-refractivity contribution in [2.45, 2.75) is 31.1 Å². The van der Waals surface area contributed by atoms with Crippen molar-refractivity contribution < 1.29 is 22.7 Å². The van der Waals surface area contributed by atoms with Gasteiger partial charge in [-0.05, 0) is 85.5 Å². The number of fused-ring (bicyclic) bond motifs is 1. The number of benzene rings is 3. The van der Waals surface area contributed by atoms with Crippen LogP contribution in [0.3, 0.4) is 0 Å². The zero-order valence-corrected chi connectivity index (χ0v) is 20.7. The first-order valence-electron chi connectivity index (χ1n) is 11.2. The van der Waals surface area contributed by atoms with Gasteiger partial charge in [0.2, 0.25) is 0 Å². The minimum Gasteiger partial charge on any atom is -0.466 e. The van der Waals surface area contributed by atoms with E-state index in [1.54, 1.807) is 61.5 Å². The highest BCUT2D eigenvalue weighted by molar-refractivity contribution is 7.92. The van der Waals surface area contributed by atoms with Gasteiger partial charge in [0.25, 0.3) is 15.9 Å².